The monoisotopic (exact) mass is 208 g/mol. The van der Waals surface area contributed by atoms with E-state index >= 15 is 0 Å². The molecule has 1 radical (unpaired) electrons. The predicted octanol–water partition coefficient (Wildman–Crippen LogP) is 2.32. The average Bonchev–Trinajstić information content (AvgIpc) is 2.29. The van der Waals surface area contributed by atoms with Gasteiger partial charge in [-0.25, -0.2) is 0 Å². The lowest BCUT2D eigenvalue weighted by atomic mass is 10.2. The first kappa shape index (κ1) is 11.9. The van der Waals surface area contributed by atoms with Crippen molar-refractivity contribution in [2.45, 2.75) is 13.8 Å². The van der Waals surface area contributed by atoms with Gasteiger partial charge in [-0.15, -0.1) is 0 Å². The maximum Gasteiger partial charge on any atom is 0.188 e. The molecule has 0 fully saturated rings. The second-order valence-electron chi connectivity index (χ2n) is 3.13. The quantitative estimate of drug-likeness (QED) is 0.670. The minimum Gasteiger partial charge on any atom is -0.467 e. The Bertz CT molecular complexity index is 285. The first-order chi connectivity index (χ1) is 7.31. The second kappa shape index (κ2) is 6.30. The zero-order valence-corrected chi connectivity index (χ0v) is 9.62. The normalized spacial score (nSPS) is 10.1. The standard InChI is InChI=1S/C12H18NO2/c1-4-13(5-2)11-7-6-8-12(9-11)15-10-14-3/h6-7,9H,4-5,10H2,1-3H3. The van der Waals surface area contributed by atoms with Crippen LogP contribution in [-0.4, -0.2) is 27.0 Å². The molecule has 0 aliphatic heterocycles. The van der Waals surface area contributed by atoms with E-state index in [0.29, 0.717) is 0 Å². The minimum atomic E-state index is 0.262. The third kappa shape index (κ3) is 3.44. The van der Waals surface area contributed by atoms with Crippen LogP contribution in [0.1, 0.15) is 13.8 Å². The van der Waals surface area contributed by atoms with Crippen LogP contribution >= 0.6 is 0 Å². The summed E-state index contributed by atoms with van der Waals surface area (Å²) in [4.78, 5) is 2.26. The summed E-state index contributed by atoms with van der Waals surface area (Å²) in [6, 6.07) is 8.90. The van der Waals surface area contributed by atoms with E-state index in [2.05, 4.69) is 24.8 Å². The third-order valence-electron chi connectivity index (χ3n) is 2.22. The molecule has 3 nitrogen and oxygen atoms in total. The molecule has 0 amide bonds. The fourth-order valence-corrected chi connectivity index (χ4v) is 1.42. The van der Waals surface area contributed by atoms with Gasteiger partial charge in [0.1, 0.15) is 5.75 Å². The number of rotatable bonds is 6. The van der Waals surface area contributed by atoms with Crippen LogP contribution < -0.4 is 9.64 Å². The highest BCUT2D eigenvalue weighted by molar-refractivity contribution is 5.50. The molecule has 0 saturated heterocycles. The van der Waals surface area contributed by atoms with Crippen molar-refractivity contribution >= 4 is 5.69 Å². The van der Waals surface area contributed by atoms with E-state index in [1.54, 1.807) is 7.11 Å². The van der Waals surface area contributed by atoms with Crippen LogP contribution in [0.25, 0.3) is 0 Å². The van der Waals surface area contributed by atoms with Crippen molar-refractivity contribution in [3.63, 3.8) is 0 Å². The lowest BCUT2D eigenvalue weighted by molar-refractivity contribution is 0.0509. The van der Waals surface area contributed by atoms with Crippen molar-refractivity contribution in [1.29, 1.82) is 0 Å². The van der Waals surface area contributed by atoms with Crippen LogP contribution in [0.15, 0.2) is 18.2 Å². The van der Waals surface area contributed by atoms with Crippen molar-refractivity contribution in [2.24, 2.45) is 0 Å². The van der Waals surface area contributed by atoms with Crippen LogP contribution in [-0.2, 0) is 4.74 Å². The summed E-state index contributed by atoms with van der Waals surface area (Å²) < 4.78 is 10.2. The molecule has 1 rings (SSSR count). The van der Waals surface area contributed by atoms with Crippen molar-refractivity contribution in [3.8, 4) is 5.75 Å². The molecule has 3 heteroatoms. The maximum atomic E-state index is 5.33. The Hall–Kier alpha value is -1.22. The zero-order chi connectivity index (χ0) is 11.1. The topological polar surface area (TPSA) is 21.7 Å². The smallest absolute Gasteiger partial charge is 0.188 e. The molecule has 0 N–H and O–H groups in total. The predicted molar refractivity (Wildman–Crippen MR) is 61.3 cm³/mol. The Morgan fingerprint density at radius 3 is 2.67 bits per heavy atom. The van der Waals surface area contributed by atoms with Gasteiger partial charge in [-0.2, -0.15) is 0 Å². The molecule has 0 aliphatic carbocycles. The van der Waals surface area contributed by atoms with Crippen molar-refractivity contribution in [3.05, 3.63) is 24.3 Å². The lowest BCUT2D eigenvalue weighted by Crippen LogP contribution is -2.21. The van der Waals surface area contributed by atoms with Gasteiger partial charge >= 0.3 is 0 Å². The molecule has 1 aromatic carbocycles. The van der Waals surface area contributed by atoms with Crippen LogP contribution in [0.4, 0.5) is 5.69 Å². The van der Waals surface area contributed by atoms with Gasteiger partial charge in [-0.05, 0) is 26.0 Å². The Balaban J connectivity index is 2.72. The van der Waals surface area contributed by atoms with Gasteiger partial charge < -0.3 is 14.4 Å². The number of ether oxygens (including phenoxy) is 2. The number of benzene rings is 1. The fraction of sp³-hybridized carbons (Fsp3) is 0.500. The van der Waals surface area contributed by atoms with Crippen LogP contribution in [0, 0.1) is 6.07 Å². The zero-order valence-electron chi connectivity index (χ0n) is 9.62. The van der Waals surface area contributed by atoms with Gasteiger partial charge in [0.2, 0.25) is 0 Å². The number of methoxy groups -OCH3 is 1. The summed E-state index contributed by atoms with van der Waals surface area (Å²) >= 11 is 0. The number of nitrogens with zero attached hydrogens (tertiary/aromatic N) is 1. The Kier molecular flexibility index (Phi) is 4.98. The van der Waals surface area contributed by atoms with Crippen molar-refractivity contribution < 1.29 is 9.47 Å². The summed E-state index contributed by atoms with van der Waals surface area (Å²) in [5, 5.41) is 0. The van der Waals surface area contributed by atoms with Gasteiger partial charge in [0.25, 0.3) is 0 Å². The lowest BCUT2D eigenvalue weighted by Gasteiger charge is -2.21. The highest BCUT2D eigenvalue weighted by Crippen LogP contribution is 2.20. The maximum absolute atomic E-state index is 5.33. The molecule has 0 unspecified atom stereocenters. The highest BCUT2D eigenvalue weighted by atomic mass is 16.7. The van der Waals surface area contributed by atoms with Crippen LogP contribution in [0.5, 0.6) is 5.75 Å². The number of anilines is 1. The van der Waals surface area contributed by atoms with Gasteiger partial charge in [0.05, 0.1) is 0 Å². The molecule has 0 heterocycles. The van der Waals surface area contributed by atoms with Crippen LogP contribution in [0.3, 0.4) is 0 Å². The Morgan fingerprint density at radius 1 is 1.33 bits per heavy atom. The van der Waals surface area contributed by atoms with Gasteiger partial charge in [-0.1, -0.05) is 0 Å². The van der Waals surface area contributed by atoms with Gasteiger partial charge in [0, 0.05) is 38.0 Å². The SMILES string of the molecule is CCN(CC)c1cc[c]c(OCOC)c1. The fourth-order valence-electron chi connectivity index (χ4n) is 1.42. The molecule has 0 spiro atoms. The molecule has 0 aromatic heterocycles. The summed E-state index contributed by atoms with van der Waals surface area (Å²) in [7, 11) is 1.61. The second-order valence-corrected chi connectivity index (χ2v) is 3.13. The average molecular weight is 208 g/mol. The van der Waals surface area contributed by atoms with E-state index in [9.17, 15) is 0 Å². The number of hydrogen-bond acceptors (Lipinski definition) is 3. The molecular formula is C12H18NO2. The third-order valence-corrected chi connectivity index (χ3v) is 2.22. The molecule has 0 aliphatic rings. The first-order valence-corrected chi connectivity index (χ1v) is 5.20. The van der Waals surface area contributed by atoms with E-state index in [1.807, 2.05) is 18.2 Å². The molecular weight excluding hydrogens is 190 g/mol. The Labute approximate surface area is 91.6 Å². The summed E-state index contributed by atoms with van der Waals surface area (Å²) in [6.45, 7) is 6.51. The summed E-state index contributed by atoms with van der Waals surface area (Å²) in [6.07, 6.45) is 0. The van der Waals surface area contributed by atoms with E-state index in [4.69, 9.17) is 9.47 Å². The molecule has 0 saturated carbocycles. The van der Waals surface area contributed by atoms with E-state index < -0.39 is 0 Å². The Morgan fingerprint density at radius 2 is 2.07 bits per heavy atom. The molecule has 0 atom stereocenters. The molecule has 83 valence electrons. The molecule has 1 aromatic rings. The first-order valence-electron chi connectivity index (χ1n) is 5.20. The van der Waals surface area contributed by atoms with Crippen molar-refractivity contribution in [2.75, 3.05) is 31.9 Å². The summed E-state index contributed by atoms with van der Waals surface area (Å²) in [5.41, 5.74) is 1.16. The van der Waals surface area contributed by atoms with E-state index in [0.717, 1.165) is 24.5 Å². The summed E-state index contributed by atoms with van der Waals surface area (Å²) in [5.74, 6) is 0.723. The molecule has 0 bridgehead atoms. The van der Waals surface area contributed by atoms with Crippen LogP contribution in [0.2, 0.25) is 0 Å². The number of hydrogen-bond donors (Lipinski definition) is 0. The van der Waals surface area contributed by atoms with Crippen molar-refractivity contribution in [1.82, 2.24) is 0 Å². The minimum absolute atomic E-state index is 0.262. The van der Waals surface area contributed by atoms with E-state index in [-0.39, 0.29) is 6.79 Å². The molecule has 15 heavy (non-hydrogen) atoms. The van der Waals surface area contributed by atoms with Gasteiger partial charge in [0.15, 0.2) is 6.79 Å². The largest absolute Gasteiger partial charge is 0.467 e. The highest BCUT2D eigenvalue weighted by Gasteiger charge is 2.02. The van der Waals surface area contributed by atoms with E-state index in [1.165, 1.54) is 0 Å². The van der Waals surface area contributed by atoms with Gasteiger partial charge in [-0.3, -0.25) is 0 Å².